The van der Waals surface area contributed by atoms with Crippen LogP contribution in [0.2, 0.25) is 0 Å². The first kappa shape index (κ1) is 13.5. The third-order valence-corrected chi connectivity index (χ3v) is 3.10. The number of rotatable bonds is 7. The van der Waals surface area contributed by atoms with Crippen molar-refractivity contribution in [2.24, 2.45) is 5.73 Å². The van der Waals surface area contributed by atoms with Gasteiger partial charge in [-0.05, 0) is 32.4 Å². The van der Waals surface area contributed by atoms with Gasteiger partial charge >= 0.3 is 0 Å². The minimum atomic E-state index is -0.216. The molecule has 94 valence electrons. The molecule has 0 aromatic carbocycles. The van der Waals surface area contributed by atoms with E-state index in [1.807, 2.05) is 0 Å². The summed E-state index contributed by atoms with van der Waals surface area (Å²) in [5.41, 5.74) is 5.27. The Morgan fingerprint density at radius 1 is 1.50 bits per heavy atom. The molecule has 1 rings (SSSR count). The zero-order chi connectivity index (χ0) is 11.8. The van der Waals surface area contributed by atoms with E-state index in [1.54, 1.807) is 0 Å². The average Bonchev–Trinajstić information content (AvgIpc) is 2.26. The van der Waals surface area contributed by atoms with Crippen molar-refractivity contribution >= 4 is 5.91 Å². The van der Waals surface area contributed by atoms with E-state index in [9.17, 15) is 4.79 Å². The van der Waals surface area contributed by atoms with Crippen LogP contribution in [0.5, 0.6) is 0 Å². The largest absolute Gasteiger partial charge is 0.369 e. The lowest BCUT2D eigenvalue weighted by Gasteiger charge is -2.29. The molecule has 0 spiro atoms. The third-order valence-electron chi connectivity index (χ3n) is 3.10. The highest BCUT2D eigenvalue weighted by Crippen LogP contribution is 2.09. The first-order chi connectivity index (χ1) is 7.72. The third kappa shape index (κ3) is 5.47. The van der Waals surface area contributed by atoms with Gasteiger partial charge in [-0.3, -0.25) is 9.69 Å². The van der Waals surface area contributed by atoms with E-state index in [4.69, 9.17) is 5.73 Å². The number of nitrogens with zero attached hydrogens (tertiary/aromatic N) is 1. The maximum Gasteiger partial charge on any atom is 0.231 e. The fourth-order valence-corrected chi connectivity index (χ4v) is 2.23. The van der Waals surface area contributed by atoms with Crippen molar-refractivity contribution in [2.45, 2.75) is 45.1 Å². The standard InChI is InChI=1S/C12H25N3O/c1-2-3-8-15(10-12(13)16)9-11-6-4-5-7-14-11/h11,14H,2-10H2,1H3,(H2,13,16). The lowest BCUT2D eigenvalue weighted by atomic mass is 10.0. The van der Waals surface area contributed by atoms with Crippen LogP contribution in [0.4, 0.5) is 0 Å². The molecule has 4 nitrogen and oxygen atoms in total. The van der Waals surface area contributed by atoms with Gasteiger partial charge in [0.15, 0.2) is 0 Å². The number of carbonyl (C=O) groups excluding carboxylic acids is 1. The van der Waals surface area contributed by atoms with E-state index in [1.165, 1.54) is 19.3 Å². The van der Waals surface area contributed by atoms with Crippen molar-refractivity contribution in [3.63, 3.8) is 0 Å². The zero-order valence-electron chi connectivity index (χ0n) is 10.4. The highest BCUT2D eigenvalue weighted by molar-refractivity contribution is 5.75. The highest BCUT2D eigenvalue weighted by Gasteiger charge is 2.17. The Morgan fingerprint density at radius 3 is 2.88 bits per heavy atom. The van der Waals surface area contributed by atoms with E-state index in [-0.39, 0.29) is 5.91 Å². The Morgan fingerprint density at radius 2 is 2.31 bits per heavy atom. The van der Waals surface area contributed by atoms with Crippen molar-refractivity contribution < 1.29 is 4.79 Å². The molecule has 0 radical (unpaired) electrons. The molecule has 3 N–H and O–H groups in total. The van der Waals surface area contributed by atoms with Crippen LogP contribution in [0.1, 0.15) is 39.0 Å². The second-order valence-electron chi connectivity index (χ2n) is 4.70. The summed E-state index contributed by atoms with van der Waals surface area (Å²) in [6.45, 7) is 5.63. The molecule has 1 aliphatic rings. The Bertz CT molecular complexity index is 202. The summed E-state index contributed by atoms with van der Waals surface area (Å²) >= 11 is 0. The number of nitrogens with one attached hydrogen (secondary N) is 1. The maximum absolute atomic E-state index is 11.0. The number of amides is 1. The predicted octanol–water partition coefficient (Wildman–Crippen LogP) is 0.716. The van der Waals surface area contributed by atoms with Crippen molar-refractivity contribution in [1.82, 2.24) is 10.2 Å². The summed E-state index contributed by atoms with van der Waals surface area (Å²) in [5.74, 6) is -0.216. The first-order valence-electron chi connectivity index (χ1n) is 6.46. The fourth-order valence-electron chi connectivity index (χ4n) is 2.23. The summed E-state index contributed by atoms with van der Waals surface area (Å²) in [6, 6.07) is 0.546. The molecule has 1 unspecified atom stereocenters. The second-order valence-corrected chi connectivity index (χ2v) is 4.70. The summed E-state index contributed by atoms with van der Waals surface area (Å²) in [6.07, 6.45) is 6.10. The van der Waals surface area contributed by atoms with Gasteiger partial charge in [0.05, 0.1) is 6.54 Å². The monoisotopic (exact) mass is 227 g/mol. The van der Waals surface area contributed by atoms with E-state index in [0.29, 0.717) is 12.6 Å². The number of primary amides is 1. The molecule has 1 fully saturated rings. The number of nitrogens with two attached hydrogens (primary N) is 1. The Hall–Kier alpha value is -0.610. The van der Waals surface area contributed by atoms with Gasteiger partial charge in [-0.25, -0.2) is 0 Å². The molecule has 0 saturated carbocycles. The fraction of sp³-hybridized carbons (Fsp3) is 0.917. The number of hydrogen-bond donors (Lipinski definition) is 2. The molecule has 16 heavy (non-hydrogen) atoms. The van der Waals surface area contributed by atoms with E-state index in [0.717, 1.165) is 32.5 Å². The number of hydrogen-bond acceptors (Lipinski definition) is 3. The first-order valence-corrected chi connectivity index (χ1v) is 6.46. The van der Waals surface area contributed by atoms with Crippen molar-refractivity contribution in [3.05, 3.63) is 0 Å². The molecule has 1 saturated heterocycles. The van der Waals surface area contributed by atoms with E-state index in [2.05, 4.69) is 17.1 Å². The molecule has 1 aliphatic heterocycles. The van der Waals surface area contributed by atoms with Crippen LogP contribution < -0.4 is 11.1 Å². The number of carbonyl (C=O) groups is 1. The van der Waals surface area contributed by atoms with Crippen LogP contribution in [0.3, 0.4) is 0 Å². The quantitative estimate of drug-likeness (QED) is 0.673. The molecule has 1 heterocycles. The average molecular weight is 227 g/mol. The minimum absolute atomic E-state index is 0.216. The summed E-state index contributed by atoms with van der Waals surface area (Å²) in [5, 5.41) is 3.51. The smallest absolute Gasteiger partial charge is 0.231 e. The molecule has 0 aromatic heterocycles. The Labute approximate surface area is 98.6 Å². The van der Waals surface area contributed by atoms with Crippen LogP contribution in [-0.2, 0) is 4.79 Å². The van der Waals surface area contributed by atoms with Gasteiger partial charge in [0.25, 0.3) is 0 Å². The normalized spacial score (nSPS) is 21.2. The van der Waals surface area contributed by atoms with Gasteiger partial charge in [-0.1, -0.05) is 19.8 Å². The van der Waals surface area contributed by atoms with Gasteiger partial charge in [-0.15, -0.1) is 0 Å². The summed E-state index contributed by atoms with van der Waals surface area (Å²) in [7, 11) is 0. The molecule has 0 bridgehead atoms. The lowest BCUT2D eigenvalue weighted by Crippen LogP contribution is -2.46. The van der Waals surface area contributed by atoms with E-state index >= 15 is 0 Å². The lowest BCUT2D eigenvalue weighted by molar-refractivity contribution is -0.119. The minimum Gasteiger partial charge on any atom is -0.369 e. The van der Waals surface area contributed by atoms with Gasteiger partial charge in [0.2, 0.25) is 5.91 Å². The number of piperidine rings is 1. The topological polar surface area (TPSA) is 58.4 Å². The molecule has 0 aliphatic carbocycles. The van der Waals surface area contributed by atoms with Gasteiger partial charge in [0.1, 0.15) is 0 Å². The predicted molar refractivity (Wildman–Crippen MR) is 66.2 cm³/mol. The van der Waals surface area contributed by atoms with Gasteiger partial charge in [-0.2, -0.15) is 0 Å². The van der Waals surface area contributed by atoms with Gasteiger partial charge < -0.3 is 11.1 Å². The summed E-state index contributed by atoms with van der Waals surface area (Å²) in [4.78, 5) is 13.2. The number of unbranched alkanes of at least 4 members (excludes halogenated alkanes) is 1. The van der Waals surface area contributed by atoms with Gasteiger partial charge in [0, 0.05) is 12.6 Å². The van der Waals surface area contributed by atoms with Crippen LogP contribution >= 0.6 is 0 Å². The summed E-state index contributed by atoms with van der Waals surface area (Å²) < 4.78 is 0. The Balaban J connectivity index is 2.31. The van der Waals surface area contributed by atoms with Crippen LogP contribution in [0.25, 0.3) is 0 Å². The molecule has 0 aromatic rings. The maximum atomic E-state index is 11.0. The zero-order valence-corrected chi connectivity index (χ0v) is 10.4. The van der Waals surface area contributed by atoms with Crippen molar-refractivity contribution in [1.29, 1.82) is 0 Å². The van der Waals surface area contributed by atoms with Crippen LogP contribution in [0, 0.1) is 0 Å². The molecule has 1 amide bonds. The van der Waals surface area contributed by atoms with Crippen LogP contribution in [0.15, 0.2) is 0 Å². The van der Waals surface area contributed by atoms with Crippen molar-refractivity contribution in [3.8, 4) is 0 Å². The second kappa shape index (κ2) is 7.63. The molecule has 1 atom stereocenters. The molecular weight excluding hydrogens is 202 g/mol. The highest BCUT2D eigenvalue weighted by atomic mass is 16.1. The Kier molecular flexibility index (Phi) is 6.42. The van der Waals surface area contributed by atoms with E-state index < -0.39 is 0 Å². The van der Waals surface area contributed by atoms with Crippen LogP contribution in [-0.4, -0.2) is 43.0 Å². The molecular formula is C12H25N3O. The molecule has 4 heteroatoms. The SMILES string of the molecule is CCCCN(CC(N)=O)CC1CCCCN1. The van der Waals surface area contributed by atoms with Crippen molar-refractivity contribution in [2.75, 3.05) is 26.2 Å².